The smallest absolute Gasteiger partial charge is 0.335 e. The molecular formula is C28H36O2. The number of aryl methyl sites for hydroxylation is 1. The summed E-state index contributed by atoms with van der Waals surface area (Å²) in [4.78, 5) is 11.3. The van der Waals surface area contributed by atoms with Gasteiger partial charge in [-0.25, -0.2) is 4.79 Å². The lowest BCUT2D eigenvalue weighted by atomic mass is 9.62. The van der Waals surface area contributed by atoms with E-state index in [0.717, 1.165) is 24.0 Å². The molecule has 0 saturated carbocycles. The molecule has 0 heterocycles. The standard InChI is InChI=1S/C28H36O2/c1-7-8-21(11-9-20-10-13-23(26(29)30)19(2)17-20)22-12-14-24-25(18-22)28(5,6)16-15-27(24,3)4/h9-14,17-18,21H,7-8,15-16H2,1-6H3,(H,29,30). The number of carboxylic acids is 1. The van der Waals surface area contributed by atoms with Crippen LogP contribution in [-0.4, -0.2) is 11.1 Å². The Kier molecular flexibility index (Phi) is 6.26. The maximum atomic E-state index is 11.3. The van der Waals surface area contributed by atoms with Gasteiger partial charge in [0, 0.05) is 5.92 Å². The Balaban J connectivity index is 1.95. The fourth-order valence-corrected chi connectivity index (χ4v) is 4.78. The quantitative estimate of drug-likeness (QED) is 0.537. The second-order valence-electron chi connectivity index (χ2n) is 10.2. The molecule has 0 aromatic heterocycles. The molecule has 1 unspecified atom stereocenters. The van der Waals surface area contributed by atoms with E-state index < -0.39 is 5.97 Å². The Morgan fingerprint density at radius 1 is 1.03 bits per heavy atom. The maximum absolute atomic E-state index is 11.3. The van der Waals surface area contributed by atoms with Gasteiger partial charge in [-0.05, 0) is 70.9 Å². The van der Waals surface area contributed by atoms with Crippen molar-refractivity contribution in [2.75, 3.05) is 0 Å². The molecule has 2 nitrogen and oxygen atoms in total. The van der Waals surface area contributed by atoms with Gasteiger partial charge in [0.1, 0.15) is 0 Å². The minimum atomic E-state index is -0.869. The van der Waals surface area contributed by atoms with E-state index in [9.17, 15) is 9.90 Å². The second-order valence-corrected chi connectivity index (χ2v) is 10.2. The lowest BCUT2D eigenvalue weighted by Gasteiger charge is -2.42. The van der Waals surface area contributed by atoms with Gasteiger partial charge in [-0.15, -0.1) is 0 Å². The molecule has 160 valence electrons. The first-order valence-electron chi connectivity index (χ1n) is 11.2. The lowest BCUT2D eigenvalue weighted by molar-refractivity contribution is 0.0696. The van der Waals surface area contributed by atoms with Crippen LogP contribution in [0.5, 0.6) is 0 Å². The average Bonchev–Trinajstić information content (AvgIpc) is 2.68. The average molecular weight is 405 g/mol. The largest absolute Gasteiger partial charge is 0.478 e. The fourth-order valence-electron chi connectivity index (χ4n) is 4.78. The van der Waals surface area contributed by atoms with E-state index in [2.05, 4.69) is 65.0 Å². The van der Waals surface area contributed by atoms with Crippen molar-refractivity contribution in [3.8, 4) is 0 Å². The summed E-state index contributed by atoms with van der Waals surface area (Å²) in [6, 6.07) is 12.7. The molecule has 0 radical (unpaired) electrons. The topological polar surface area (TPSA) is 37.3 Å². The summed E-state index contributed by atoms with van der Waals surface area (Å²) in [6.45, 7) is 13.6. The Hall–Kier alpha value is -2.35. The molecule has 0 saturated heterocycles. The SMILES string of the molecule is CCCC(C=Cc1ccc(C(=O)O)c(C)c1)c1ccc2c(c1)C(C)(C)CCC2(C)C. The van der Waals surface area contributed by atoms with Crippen molar-refractivity contribution in [1.29, 1.82) is 0 Å². The minimum absolute atomic E-state index is 0.213. The molecule has 1 N–H and O–H groups in total. The highest BCUT2D eigenvalue weighted by atomic mass is 16.4. The predicted octanol–water partition coefficient (Wildman–Crippen LogP) is 7.64. The van der Waals surface area contributed by atoms with Crippen molar-refractivity contribution in [2.45, 2.75) is 84.0 Å². The Morgan fingerprint density at radius 2 is 1.70 bits per heavy atom. The van der Waals surface area contributed by atoms with Crippen molar-refractivity contribution in [3.63, 3.8) is 0 Å². The number of fused-ring (bicyclic) bond motifs is 1. The van der Waals surface area contributed by atoms with Crippen molar-refractivity contribution in [2.24, 2.45) is 0 Å². The molecule has 3 rings (SSSR count). The van der Waals surface area contributed by atoms with E-state index in [1.165, 1.54) is 29.5 Å². The molecule has 2 aromatic rings. The third kappa shape index (κ3) is 4.53. The molecule has 0 aliphatic heterocycles. The number of carbonyl (C=O) groups is 1. The summed E-state index contributed by atoms with van der Waals surface area (Å²) >= 11 is 0. The minimum Gasteiger partial charge on any atom is -0.478 e. The van der Waals surface area contributed by atoms with Gasteiger partial charge in [-0.2, -0.15) is 0 Å². The molecule has 0 amide bonds. The number of hydrogen-bond acceptors (Lipinski definition) is 1. The van der Waals surface area contributed by atoms with Crippen LogP contribution < -0.4 is 0 Å². The van der Waals surface area contributed by atoms with E-state index >= 15 is 0 Å². The molecule has 1 aliphatic carbocycles. The number of hydrogen-bond donors (Lipinski definition) is 1. The van der Waals surface area contributed by atoms with Crippen LogP contribution >= 0.6 is 0 Å². The summed E-state index contributed by atoms with van der Waals surface area (Å²) in [5, 5.41) is 9.25. The monoisotopic (exact) mass is 404 g/mol. The molecule has 0 bridgehead atoms. The Bertz CT molecular complexity index is 963. The number of rotatable bonds is 6. The number of carboxylic acid groups (broad SMARTS) is 1. The zero-order valence-corrected chi connectivity index (χ0v) is 19.4. The number of benzene rings is 2. The molecule has 0 spiro atoms. The third-order valence-electron chi connectivity index (χ3n) is 6.91. The van der Waals surface area contributed by atoms with E-state index in [0.29, 0.717) is 11.5 Å². The van der Waals surface area contributed by atoms with Gasteiger partial charge in [0.25, 0.3) is 0 Å². The number of allylic oxidation sites excluding steroid dienone is 1. The lowest BCUT2D eigenvalue weighted by Crippen LogP contribution is -2.34. The second kappa shape index (κ2) is 8.41. The van der Waals surface area contributed by atoms with Crippen LogP contribution in [0.1, 0.15) is 104 Å². The van der Waals surface area contributed by atoms with Crippen LogP contribution in [0, 0.1) is 6.92 Å². The van der Waals surface area contributed by atoms with Crippen LogP contribution in [0.25, 0.3) is 6.08 Å². The highest BCUT2D eigenvalue weighted by Gasteiger charge is 2.37. The van der Waals surface area contributed by atoms with Crippen LogP contribution in [0.4, 0.5) is 0 Å². The highest BCUT2D eigenvalue weighted by molar-refractivity contribution is 5.89. The van der Waals surface area contributed by atoms with Crippen molar-refractivity contribution >= 4 is 12.0 Å². The van der Waals surface area contributed by atoms with Gasteiger partial charge in [0.15, 0.2) is 0 Å². The zero-order valence-electron chi connectivity index (χ0n) is 19.4. The van der Waals surface area contributed by atoms with Gasteiger partial charge >= 0.3 is 5.97 Å². The Labute approximate surface area is 182 Å². The molecule has 30 heavy (non-hydrogen) atoms. The summed E-state index contributed by atoms with van der Waals surface area (Å²) in [5.74, 6) is -0.507. The van der Waals surface area contributed by atoms with E-state index in [4.69, 9.17) is 0 Å². The van der Waals surface area contributed by atoms with Crippen molar-refractivity contribution < 1.29 is 9.90 Å². The van der Waals surface area contributed by atoms with E-state index in [-0.39, 0.29) is 10.8 Å². The van der Waals surface area contributed by atoms with Gasteiger partial charge < -0.3 is 5.11 Å². The molecule has 1 atom stereocenters. The molecular weight excluding hydrogens is 368 g/mol. The maximum Gasteiger partial charge on any atom is 0.335 e. The molecule has 2 aromatic carbocycles. The van der Waals surface area contributed by atoms with Crippen LogP contribution in [-0.2, 0) is 10.8 Å². The fraction of sp³-hybridized carbons (Fsp3) is 0.464. The summed E-state index contributed by atoms with van der Waals surface area (Å²) < 4.78 is 0. The van der Waals surface area contributed by atoms with Crippen molar-refractivity contribution in [1.82, 2.24) is 0 Å². The first kappa shape index (κ1) is 22.3. The van der Waals surface area contributed by atoms with Crippen molar-refractivity contribution in [3.05, 3.63) is 75.9 Å². The van der Waals surface area contributed by atoms with Crippen LogP contribution in [0.3, 0.4) is 0 Å². The first-order chi connectivity index (χ1) is 14.0. The predicted molar refractivity (Wildman–Crippen MR) is 127 cm³/mol. The highest BCUT2D eigenvalue weighted by Crippen LogP contribution is 2.46. The molecule has 1 aliphatic rings. The molecule has 0 fully saturated rings. The summed E-state index contributed by atoms with van der Waals surface area (Å²) in [6.07, 6.45) is 9.12. The normalized spacial score (nSPS) is 18.2. The van der Waals surface area contributed by atoms with Crippen LogP contribution in [0.15, 0.2) is 42.5 Å². The number of aromatic carboxylic acids is 1. The van der Waals surface area contributed by atoms with Gasteiger partial charge in [0.2, 0.25) is 0 Å². The summed E-state index contributed by atoms with van der Waals surface area (Å²) in [5.41, 5.74) is 7.07. The van der Waals surface area contributed by atoms with Crippen LogP contribution in [0.2, 0.25) is 0 Å². The van der Waals surface area contributed by atoms with E-state index in [1.807, 2.05) is 19.1 Å². The zero-order chi connectivity index (χ0) is 22.1. The van der Waals surface area contributed by atoms with Gasteiger partial charge in [-0.3, -0.25) is 0 Å². The van der Waals surface area contributed by atoms with Gasteiger partial charge in [0.05, 0.1) is 5.56 Å². The Morgan fingerprint density at radius 3 is 2.30 bits per heavy atom. The summed E-state index contributed by atoms with van der Waals surface area (Å²) in [7, 11) is 0. The first-order valence-corrected chi connectivity index (χ1v) is 11.2. The third-order valence-corrected chi connectivity index (χ3v) is 6.91. The van der Waals surface area contributed by atoms with Gasteiger partial charge in [-0.1, -0.05) is 83.5 Å². The molecule has 2 heteroatoms. The van der Waals surface area contributed by atoms with E-state index in [1.54, 1.807) is 6.07 Å².